The minimum absolute atomic E-state index is 0.456. The number of carboxylic acid groups (broad SMARTS) is 1. The van der Waals surface area contributed by atoms with Crippen molar-refractivity contribution in [3.63, 3.8) is 0 Å². The minimum Gasteiger partial charge on any atom is -0.478 e. The average molecular weight is 328 g/mol. The van der Waals surface area contributed by atoms with Crippen LogP contribution in [-0.2, 0) is 0 Å². The van der Waals surface area contributed by atoms with Gasteiger partial charge in [-0.15, -0.1) is 0 Å². The predicted molar refractivity (Wildman–Crippen MR) is 57.8 cm³/mol. The van der Waals surface area contributed by atoms with Crippen molar-refractivity contribution >= 4 is 11.8 Å². The number of ether oxygens (including phenoxy) is 1. The van der Waals surface area contributed by atoms with Gasteiger partial charge in [0.25, 0.3) is 0 Å². The molecule has 10 heteroatoms. The number of carbonyl (C=O) groups excluding carboxylic acids is 1. The number of hydrogen-bond donors (Lipinski definition) is 1. The fourth-order valence-corrected chi connectivity index (χ4v) is 1.99. The summed E-state index contributed by atoms with van der Waals surface area (Å²) in [5.74, 6) is -3.95. The first-order valence-corrected chi connectivity index (χ1v) is 5.62. The van der Waals surface area contributed by atoms with Crippen LogP contribution < -0.4 is 4.74 Å². The topological polar surface area (TPSA) is 63.6 Å². The Kier molecular flexibility index (Phi) is 3.38. The predicted octanol–water partition coefficient (Wildman–Crippen LogP) is 3.21. The zero-order valence-corrected chi connectivity index (χ0v) is 10.4. The maximum absolute atomic E-state index is 12.9. The Morgan fingerprint density at radius 3 is 2.14 bits per heavy atom. The van der Waals surface area contributed by atoms with Crippen molar-refractivity contribution in [2.24, 2.45) is 0 Å². The fourth-order valence-electron chi connectivity index (χ4n) is 1.99. The van der Waals surface area contributed by atoms with E-state index < -0.39 is 53.0 Å². The lowest BCUT2D eigenvalue weighted by Gasteiger charge is -2.39. The van der Waals surface area contributed by atoms with Crippen molar-refractivity contribution in [1.82, 2.24) is 0 Å². The minimum atomic E-state index is -5.87. The number of carboxylic acids is 1. The van der Waals surface area contributed by atoms with Gasteiger partial charge in [0.1, 0.15) is 5.75 Å². The van der Waals surface area contributed by atoms with Gasteiger partial charge >= 0.3 is 23.9 Å². The van der Waals surface area contributed by atoms with Crippen molar-refractivity contribution in [3.05, 3.63) is 29.3 Å². The average Bonchev–Trinajstić information content (AvgIpc) is 2.35. The van der Waals surface area contributed by atoms with Crippen LogP contribution in [0.1, 0.15) is 27.1 Å². The molecule has 0 bridgehead atoms. The Balaban J connectivity index is 2.60. The SMILES string of the molecule is O=C(O)c1ccc2c(c1)C(=O)CC(C(F)(F)F)(C(F)(F)F)O2. The standard InChI is InChI=1S/C12H6F6O4/c13-11(14,15)10(12(16,17)18)4-7(19)6-3-5(9(20)21)1-2-8(6)22-10/h1-3H,4H2,(H,20,21). The van der Waals surface area contributed by atoms with E-state index >= 15 is 0 Å². The number of carbonyl (C=O) groups is 2. The number of benzene rings is 1. The number of Topliss-reactive ketones (excluding diaryl/α,β-unsaturated/α-hetero) is 1. The first-order chi connectivity index (χ1) is 9.89. The summed E-state index contributed by atoms with van der Waals surface area (Å²) >= 11 is 0. The molecule has 1 aromatic rings. The van der Waals surface area contributed by atoms with E-state index in [2.05, 4.69) is 4.74 Å². The molecule has 0 saturated heterocycles. The van der Waals surface area contributed by atoms with Crippen LogP contribution in [0.15, 0.2) is 18.2 Å². The van der Waals surface area contributed by atoms with Crippen molar-refractivity contribution in [2.75, 3.05) is 0 Å². The second kappa shape index (κ2) is 4.62. The summed E-state index contributed by atoms with van der Waals surface area (Å²) < 4.78 is 81.3. The summed E-state index contributed by atoms with van der Waals surface area (Å²) in [6.45, 7) is 0. The molecule has 0 aromatic heterocycles. The molecule has 0 saturated carbocycles. The van der Waals surface area contributed by atoms with E-state index in [1.807, 2.05) is 0 Å². The Morgan fingerprint density at radius 1 is 1.14 bits per heavy atom. The van der Waals surface area contributed by atoms with Gasteiger partial charge in [-0.2, -0.15) is 26.3 Å². The van der Waals surface area contributed by atoms with Gasteiger partial charge in [0.2, 0.25) is 0 Å². The Labute approximate surface area is 118 Å². The lowest BCUT2D eigenvalue weighted by Crippen LogP contribution is -2.63. The van der Waals surface area contributed by atoms with E-state index in [4.69, 9.17) is 5.11 Å². The molecule has 0 radical (unpaired) electrons. The highest BCUT2D eigenvalue weighted by molar-refractivity contribution is 6.02. The third-order valence-electron chi connectivity index (χ3n) is 3.14. The molecule has 2 rings (SSSR count). The molecule has 0 unspecified atom stereocenters. The molecule has 1 heterocycles. The number of rotatable bonds is 1. The smallest absolute Gasteiger partial charge is 0.437 e. The third-order valence-corrected chi connectivity index (χ3v) is 3.14. The van der Waals surface area contributed by atoms with E-state index in [1.54, 1.807) is 0 Å². The van der Waals surface area contributed by atoms with Crippen LogP contribution in [-0.4, -0.2) is 34.8 Å². The van der Waals surface area contributed by atoms with Gasteiger partial charge in [0.05, 0.1) is 17.5 Å². The Bertz CT molecular complexity index is 632. The van der Waals surface area contributed by atoms with Crippen LogP contribution in [0, 0.1) is 0 Å². The molecular weight excluding hydrogens is 322 g/mol. The van der Waals surface area contributed by atoms with Crippen LogP contribution in [0.5, 0.6) is 5.75 Å². The fraction of sp³-hybridized carbons (Fsp3) is 0.333. The van der Waals surface area contributed by atoms with Crippen LogP contribution in [0.2, 0.25) is 0 Å². The number of ketones is 1. The molecule has 0 amide bonds. The van der Waals surface area contributed by atoms with Gasteiger partial charge in [-0.3, -0.25) is 4.79 Å². The molecule has 22 heavy (non-hydrogen) atoms. The Morgan fingerprint density at radius 2 is 1.68 bits per heavy atom. The van der Waals surface area contributed by atoms with Crippen LogP contribution in [0.25, 0.3) is 0 Å². The van der Waals surface area contributed by atoms with Crippen LogP contribution in [0.4, 0.5) is 26.3 Å². The highest BCUT2D eigenvalue weighted by Crippen LogP contribution is 2.51. The van der Waals surface area contributed by atoms with Crippen molar-refractivity contribution < 1.29 is 45.8 Å². The first-order valence-electron chi connectivity index (χ1n) is 5.62. The van der Waals surface area contributed by atoms with E-state index in [1.165, 1.54) is 0 Å². The van der Waals surface area contributed by atoms with Crippen molar-refractivity contribution in [1.29, 1.82) is 0 Å². The zero-order chi connectivity index (χ0) is 16.9. The van der Waals surface area contributed by atoms with E-state index in [0.717, 1.165) is 6.07 Å². The maximum atomic E-state index is 12.9. The first kappa shape index (κ1) is 16.1. The lowest BCUT2D eigenvalue weighted by molar-refractivity contribution is -0.356. The Hall–Kier alpha value is -2.26. The number of alkyl halides is 6. The number of halogens is 6. The van der Waals surface area contributed by atoms with Gasteiger partial charge in [0.15, 0.2) is 5.78 Å². The highest BCUT2D eigenvalue weighted by Gasteiger charge is 2.75. The number of hydrogen-bond acceptors (Lipinski definition) is 3. The third kappa shape index (κ3) is 2.28. The van der Waals surface area contributed by atoms with E-state index in [0.29, 0.717) is 12.1 Å². The normalized spacial score (nSPS) is 17.6. The summed E-state index contributed by atoms with van der Waals surface area (Å²) in [5.41, 5.74) is -5.74. The van der Waals surface area contributed by atoms with E-state index in [-0.39, 0.29) is 0 Å². The zero-order valence-electron chi connectivity index (χ0n) is 10.4. The van der Waals surface area contributed by atoms with Crippen LogP contribution in [0.3, 0.4) is 0 Å². The van der Waals surface area contributed by atoms with Crippen molar-refractivity contribution in [3.8, 4) is 5.75 Å². The second-order valence-electron chi connectivity index (χ2n) is 4.54. The summed E-state index contributed by atoms with van der Waals surface area (Å²) in [7, 11) is 0. The molecule has 120 valence electrons. The molecule has 0 spiro atoms. The molecule has 1 N–H and O–H groups in total. The van der Waals surface area contributed by atoms with Gasteiger partial charge < -0.3 is 9.84 Å². The molecule has 1 aliphatic heterocycles. The maximum Gasteiger partial charge on any atom is 0.437 e. The molecule has 1 aliphatic rings. The second-order valence-corrected chi connectivity index (χ2v) is 4.54. The summed E-state index contributed by atoms with van der Waals surface area (Å²) in [6.07, 6.45) is -13.7. The quantitative estimate of drug-likeness (QED) is 0.804. The number of aromatic carboxylic acids is 1. The lowest BCUT2D eigenvalue weighted by atomic mass is 9.88. The molecule has 0 aliphatic carbocycles. The van der Waals surface area contributed by atoms with Gasteiger partial charge in [-0.1, -0.05) is 0 Å². The number of fused-ring (bicyclic) bond motifs is 1. The molecular formula is C12H6F6O4. The summed E-state index contributed by atoms with van der Waals surface area (Å²) in [6, 6.07) is 2.02. The summed E-state index contributed by atoms with van der Waals surface area (Å²) in [4.78, 5) is 22.4. The van der Waals surface area contributed by atoms with Crippen LogP contribution >= 0.6 is 0 Å². The van der Waals surface area contributed by atoms with Crippen molar-refractivity contribution in [2.45, 2.75) is 24.4 Å². The monoisotopic (exact) mass is 328 g/mol. The van der Waals surface area contributed by atoms with Gasteiger partial charge in [-0.25, -0.2) is 4.79 Å². The molecule has 0 fully saturated rings. The molecule has 1 aromatic carbocycles. The molecule has 4 nitrogen and oxygen atoms in total. The molecule has 0 atom stereocenters. The summed E-state index contributed by atoms with van der Waals surface area (Å²) in [5, 5.41) is 8.72. The van der Waals surface area contributed by atoms with Gasteiger partial charge in [-0.05, 0) is 18.2 Å². The largest absolute Gasteiger partial charge is 0.478 e. The van der Waals surface area contributed by atoms with Gasteiger partial charge in [0, 0.05) is 0 Å². The highest BCUT2D eigenvalue weighted by atomic mass is 19.4. The van der Waals surface area contributed by atoms with E-state index in [9.17, 15) is 35.9 Å².